The van der Waals surface area contributed by atoms with E-state index in [1.54, 1.807) is 12.1 Å². The minimum atomic E-state index is -0.755. The van der Waals surface area contributed by atoms with E-state index in [1.165, 1.54) is 6.07 Å². The summed E-state index contributed by atoms with van der Waals surface area (Å²) in [6, 6.07) is 6.96. The highest BCUT2D eigenvalue weighted by Crippen LogP contribution is 2.37. The molecular weight excluding hydrogens is 245 g/mol. The summed E-state index contributed by atoms with van der Waals surface area (Å²) in [7, 11) is 0. The Hall–Kier alpha value is -1.42. The third kappa shape index (κ3) is 3.53. The van der Waals surface area contributed by atoms with Crippen molar-refractivity contribution in [2.24, 2.45) is 5.92 Å². The highest BCUT2D eigenvalue weighted by atomic mass is 19.1. The van der Waals surface area contributed by atoms with Gasteiger partial charge in [0.05, 0.1) is 0 Å². The van der Waals surface area contributed by atoms with E-state index in [-0.39, 0.29) is 18.3 Å². The molecule has 3 nitrogen and oxygen atoms in total. The first-order valence-corrected chi connectivity index (χ1v) is 6.79. The summed E-state index contributed by atoms with van der Waals surface area (Å²) in [5.41, 5.74) is 1.00. The topological polar surface area (TPSA) is 40.5 Å². The molecule has 1 aromatic rings. The van der Waals surface area contributed by atoms with Crippen molar-refractivity contribution in [2.75, 3.05) is 13.1 Å². The van der Waals surface area contributed by atoms with Gasteiger partial charge in [0.15, 0.2) is 0 Å². The zero-order valence-corrected chi connectivity index (χ0v) is 11.2. The second-order valence-electron chi connectivity index (χ2n) is 5.30. The summed E-state index contributed by atoms with van der Waals surface area (Å²) in [5, 5.41) is 8.69. The van der Waals surface area contributed by atoms with Crippen LogP contribution in [0.15, 0.2) is 24.3 Å². The number of halogens is 1. The highest BCUT2D eigenvalue weighted by molar-refractivity contribution is 5.66. The zero-order valence-electron chi connectivity index (χ0n) is 11.2. The number of carbonyl (C=O) groups is 1. The Morgan fingerprint density at radius 2 is 2.32 bits per heavy atom. The maximum atomic E-state index is 13.3. The summed E-state index contributed by atoms with van der Waals surface area (Å²) in [4.78, 5) is 12.8. The van der Waals surface area contributed by atoms with E-state index < -0.39 is 5.97 Å². The van der Waals surface area contributed by atoms with Crippen LogP contribution in [-0.4, -0.2) is 29.1 Å². The van der Waals surface area contributed by atoms with Gasteiger partial charge in [0, 0.05) is 12.5 Å². The van der Waals surface area contributed by atoms with E-state index in [1.807, 2.05) is 6.07 Å². The van der Waals surface area contributed by atoms with Crippen molar-refractivity contribution in [1.29, 1.82) is 0 Å². The van der Waals surface area contributed by atoms with Crippen LogP contribution in [0.2, 0.25) is 0 Å². The summed E-state index contributed by atoms with van der Waals surface area (Å²) in [5.74, 6) is -0.483. The molecule has 0 bridgehead atoms. The first kappa shape index (κ1) is 14.0. The Balaban J connectivity index is 2.05. The van der Waals surface area contributed by atoms with E-state index in [2.05, 4.69) is 11.8 Å². The van der Waals surface area contributed by atoms with Crippen LogP contribution in [0.3, 0.4) is 0 Å². The molecule has 104 valence electrons. The van der Waals surface area contributed by atoms with Gasteiger partial charge in [-0.25, -0.2) is 4.39 Å². The third-order valence-corrected chi connectivity index (χ3v) is 3.83. The first-order chi connectivity index (χ1) is 9.08. The molecule has 1 fully saturated rings. The van der Waals surface area contributed by atoms with Crippen LogP contribution < -0.4 is 0 Å². The van der Waals surface area contributed by atoms with E-state index in [0.29, 0.717) is 12.3 Å². The molecule has 1 aliphatic heterocycles. The average molecular weight is 265 g/mol. The molecule has 2 atom stereocenters. The molecule has 0 radical (unpaired) electrons. The van der Waals surface area contributed by atoms with E-state index in [9.17, 15) is 9.18 Å². The van der Waals surface area contributed by atoms with Gasteiger partial charge < -0.3 is 5.11 Å². The second kappa shape index (κ2) is 6.15. The molecule has 4 heteroatoms. The molecule has 0 aromatic heterocycles. The minimum absolute atomic E-state index is 0.195. The molecule has 0 saturated carbocycles. The Bertz CT molecular complexity index is 450. The number of aliphatic carboxylic acids is 1. The number of rotatable bonds is 5. The lowest BCUT2D eigenvalue weighted by Crippen LogP contribution is -2.26. The van der Waals surface area contributed by atoms with Crippen molar-refractivity contribution in [3.8, 4) is 0 Å². The van der Waals surface area contributed by atoms with Crippen LogP contribution in [0.5, 0.6) is 0 Å². The monoisotopic (exact) mass is 265 g/mol. The summed E-state index contributed by atoms with van der Waals surface area (Å²) in [6.45, 7) is 3.90. The Kier molecular flexibility index (Phi) is 4.53. The quantitative estimate of drug-likeness (QED) is 0.889. The normalized spacial score (nSPS) is 23.7. The van der Waals surface area contributed by atoms with Gasteiger partial charge in [0.1, 0.15) is 5.82 Å². The Labute approximate surface area is 113 Å². The SMILES string of the molecule is C[C@H]1CCN(CCCC(=O)O)[C@H]1c1cccc(F)c1. The molecule has 0 amide bonds. The predicted octanol–water partition coefficient (Wildman–Crippen LogP) is 3.07. The molecule has 1 aliphatic rings. The van der Waals surface area contributed by atoms with Crippen molar-refractivity contribution in [1.82, 2.24) is 4.90 Å². The molecule has 1 aromatic carbocycles. The number of likely N-dealkylation sites (tertiary alicyclic amines) is 1. The lowest BCUT2D eigenvalue weighted by Gasteiger charge is -2.27. The van der Waals surface area contributed by atoms with E-state index >= 15 is 0 Å². The smallest absolute Gasteiger partial charge is 0.303 e. The molecule has 0 aliphatic carbocycles. The number of hydrogen-bond acceptors (Lipinski definition) is 2. The molecular formula is C15H20FNO2. The maximum Gasteiger partial charge on any atom is 0.303 e. The summed E-state index contributed by atoms with van der Waals surface area (Å²) in [6.07, 6.45) is 1.92. The largest absolute Gasteiger partial charge is 0.481 e. The van der Waals surface area contributed by atoms with Crippen LogP contribution in [-0.2, 0) is 4.79 Å². The fourth-order valence-corrected chi connectivity index (χ4v) is 2.94. The average Bonchev–Trinajstić information content (AvgIpc) is 2.70. The van der Waals surface area contributed by atoms with Gasteiger partial charge in [0.2, 0.25) is 0 Å². The standard InChI is InChI=1S/C15H20FNO2/c1-11-7-9-17(8-3-6-14(18)19)15(11)12-4-2-5-13(16)10-12/h2,4-5,10-11,15H,3,6-9H2,1H3,(H,18,19)/t11-,15+/m0/s1. The van der Waals surface area contributed by atoms with Crippen LogP contribution in [0.4, 0.5) is 4.39 Å². The number of carboxylic acid groups (broad SMARTS) is 1. The molecule has 0 unspecified atom stereocenters. The van der Waals surface area contributed by atoms with Gasteiger partial charge in [-0.1, -0.05) is 19.1 Å². The van der Waals surface area contributed by atoms with Crippen LogP contribution in [0.1, 0.15) is 37.8 Å². The van der Waals surface area contributed by atoms with Gasteiger partial charge in [-0.3, -0.25) is 9.69 Å². The van der Waals surface area contributed by atoms with Crippen LogP contribution >= 0.6 is 0 Å². The highest BCUT2D eigenvalue weighted by Gasteiger charge is 2.32. The van der Waals surface area contributed by atoms with Gasteiger partial charge in [0.25, 0.3) is 0 Å². The van der Waals surface area contributed by atoms with Crippen molar-refractivity contribution in [3.05, 3.63) is 35.6 Å². The number of carboxylic acids is 1. The Morgan fingerprint density at radius 3 is 3.00 bits per heavy atom. The minimum Gasteiger partial charge on any atom is -0.481 e. The lowest BCUT2D eigenvalue weighted by molar-refractivity contribution is -0.137. The number of benzene rings is 1. The van der Waals surface area contributed by atoms with Crippen LogP contribution in [0.25, 0.3) is 0 Å². The van der Waals surface area contributed by atoms with Gasteiger partial charge in [-0.15, -0.1) is 0 Å². The van der Waals surface area contributed by atoms with Gasteiger partial charge in [-0.2, -0.15) is 0 Å². The third-order valence-electron chi connectivity index (χ3n) is 3.83. The molecule has 19 heavy (non-hydrogen) atoms. The second-order valence-corrected chi connectivity index (χ2v) is 5.30. The number of nitrogens with zero attached hydrogens (tertiary/aromatic N) is 1. The molecule has 1 N–H and O–H groups in total. The van der Waals surface area contributed by atoms with Gasteiger partial charge >= 0.3 is 5.97 Å². The fourth-order valence-electron chi connectivity index (χ4n) is 2.94. The zero-order chi connectivity index (χ0) is 13.8. The fraction of sp³-hybridized carbons (Fsp3) is 0.533. The summed E-state index contributed by atoms with van der Waals surface area (Å²) >= 11 is 0. The first-order valence-electron chi connectivity index (χ1n) is 6.79. The summed E-state index contributed by atoms with van der Waals surface area (Å²) < 4.78 is 13.3. The van der Waals surface area contributed by atoms with Crippen molar-refractivity contribution in [3.63, 3.8) is 0 Å². The van der Waals surface area contributed by atoms with Crippen molar-refractivity contribution < 1.29 is 14.3 Å². The molecule has 0 spiro atoms. The van der Waals surface area contributed by atoms with Crippen molar-refractivity contribution >= 4 is 5.97 Å². The number of hydrogen-bond donors (Lipinski definition) is 1. The van der Waals surface area contributed by atoms with E-state index in [0.717, 1.165) is 25.1 Å². The lowest BCUT2D eigenvalue weighted by atomic mass is 9.95. The molecule has 1 saturated heterocycles. The predicted molar refractivity (Wildman–Crippen MR) is 71.4 cm³/mol. The van der Waals surface area contributed by atoms with E-state index in [4.69, 9.17) is 5.11 Å². The van der Waals surface area contributed by atoms with Crippen LogP contribution in [0, 0.1) is 11.7 Å². The van der Waals surface area contributed by atoms with Gasteiger partial charge in [-0.05, 0) is 49.5 Å². The maximum absolute atomic E-state index is 13.3. The molecule has 2 rings (SSSR count). The Morgan fingerprint density at radius 1 is 1.53 bits per heavy atom. The molecule has 1 heterocycles. The van der Waals surface area contributed by atoms with Crippen molar-refractivity contribution in [2.45, 2.75) is 32.2 Å².